The first-order valence-corrected chi connectivity index (χ1v) is 3.44. The Hall–Kier alpha value is -2.31. The van der Waals surface area contributed by atoms with Crippen LogP contribution < -0.4 is 0 Å². The average Bonchev–Trinajstić information content (AvgIpc) is 2.18. The third-order valence-electron chi connectivity index (χ3n) is 1.44. The zero-order chi connectivity index (χ0) is 10.6. The third-order valence-corrected chi connectivity index (χ3v) is 1.44. The molecule has 0 atom stereocenters. The van der Waals surface area contributed by atoms with Crippen molar-refractivity contribution in [1.82, 2.24) is 0 Å². The molecule has 0 radical (unpaired) electrons. The molecule has 1 rings (SSSR count). The van der Waals surface area contributed by atoms with E-state index in [0.29, 0.717) is 0 Å². The van der Waals surface area contributed by atoms with E-state index in [0.717, 1.165) is 6.07 Å². The van der Waals surface area contributed by atoms with Crippen molar-refractivity contribution < 1.29 is 14.6 Å². The predicted molar refractivity (Wildman–Crippen MR) is 44.3 cm³/mol. The summed E-state index contributed by atoms with van der Waals surface area (Å²) in [6.45, 7) is 0. The lowest BCUT2D eigenvalue weighted by molar-refractivity contribution is -0.385. The van der Waals surface area contributed by atoms with Crippen molar-refractivity contribution in [3.05, 3.63) is 44.9 Å². The highest BCUT2D eigenvalue weighted by atomic mass is 16.7. The summed E-state index contributed by atoms with van der Waals surface area (Å²) in [6.07, 6.45) is 0. The maximum Gasteiger partial charge on any atom is 0.376 e. The lowest BCUT2D eigenvalue weighted by Gasteiger charge is -1.96. The molecule has 0 N–H and O–H groups in total. The van der Waals surface area contributed by atoms with Gasteiger partial charge >= 0.3 is 5.97 Å². The molecule has 7 nitrogen and oxygen atoms in total. The molecule has 0 aliphatic heterocycles. The number of nitrogens with zero attached hydrogens (tertiary/aromatic N) is 2. The molecule has 0 saturated carbocycles. The van der Waals surface area contributed by atoms with Gasteiger partial charge in [-0.2, -0.15) is 0 Å². The highest BCUT2D eigenvalue weighted by Gasteiger charge is 2.20. The minimum absolute atomic E-state index is 0.308. The maximum absolute atomic E-state index is 10.9. The van der Waals surface area contributed by atoms with Crippen molar-refractivity contribution in [2.45, 2.75) is 0 Å². The van der Waals surface area contributed by atoms with Gasteiger partial charge in [0.15, 0.2) is 5.34 Å². The number of hydrogen-bond donors (Lipinski definition) is 0. The van der Waals surface area contributed by atoms with Crippen molar-refractivity contribution in [3.8, 4) is 0 Å². The van der Waals surface area contributed by atoms with E-state index >= 15 is 0 Å². The molecule has 0 aliphatic carbocycles. The standard InChI is InChI=1S/C7H4N2O5/c10-7(14-8-11)5-3-1-2-4-6(5)9(12)13/h1-4H. The van der Waals surface area contributed by atoms with E-state index in [1.165, 1.54) is 18.2 Å². The lowest BCUT2D eigenvalue weighted by Crippen LogP contribution is -2.04. The van der Waals surface area contributed by atoms with E-state index in [-0.39, 0.29) is 5.56 Å². The first-order valence-electron chi connectivity index (χ1n) is 3.44. The van der Waals surface area contributed by atoms with E-state index in [9.17, 15) is 19.8 Å². The fourth-order valence-electron chi connectivity index (χ4n) is 0.888. The molecular formula is C7H4N2O5. The van der Waals surface area contributed by atoms with E-state index < -0.39 is 16.6 Å². The fourth-order valence-corrected chi connectivity index (χ4v) is 0.888. The van der Waals surface area contributed by atoms with Crippen LogP contribution in [0.1, 0.15) is 10.4 Å². The first kappa shape index (κ1) is 9.78. The van der Waals surface area contributed by atoms with Crippen LogP contribution in [0.2, 0.25) is 0 Å². The molecule has 0 aliphatic rings. The van der Waals surface area contributed by atoms with E-state index in [1.54, 1.807) is 0 Å². The van der Waals surface area contributed by atoms with E-state index in [2.05, 4.69) is 4.84 Å². The Balaban J connectivity index is 3.12. The monoisotopic (exact) mass is 196 g/mol. The minimum atomic E-state index is -1.15. The summed E-state index contributed by atoms with van der Waals surface area (Å²) in [5, 5.41) is 12.3. The van der Waals surface area contributed by atoms with Crippen LogP contribution in [0, 0.1) is 15.0 Å². The Bertz CT molecular complexity index is 389. The third kappa shape index (κ3) is 1.89. The Labute approximate surface area is 77.4 Å². The Morgan fingerprint density at radius 2 is 2.07 bits per heavy atom. The van der Waals surface area contributed by atoms with Crippen LogP contribution in [0.25, 0.3) is 0 Å². The van der Waals surface area contributed by atoms with Crippen molar-refractivity contribution in [3.63, 3.8) is 0 Å². The van der Waals surface area contributed by atoms with Crippen LogP contribution in [0.15, 0.2) is 29.6 Å². The molecule has 1 aromatic rings. The van der Waals surface area contributed by atoms with Gasteiger partial charge < -0.3 is 0 Å². The number of carbonyl (C=O) groups is 1. The Kier molecular flexibility index (Phi) is 2.85. The number of nitro groups is 1. The molecule has 0 amide bonds. The fraction of sp³-hybridized carbons (Fsp3) is 0. The van der Waals surface area contributed by atoms with Crippen LogP contribution in [-0.2, 0) is 4.84 Å². The van der Waals surface area contributed by atoms with Gasteiger partial charge in [-0.05, 0) is 6.07 Å². The summed E-state index contributed by atoms with van der Waals surface area (Å²) in [5.41, 5.74) is -0.738. The molecule has 14 heavy (non-hydrogen) atoms. The van der Waals surface area contributed by atoms with Gasteiger partial charge in [-0.15, -0.1) is 4.91 Å². The number of benzene rings is 1. The zero-order valence-electron chi connectivity index (χ0n) is 6.75. The SMILES string of the molecule is O=NOC(=O)c1ccccc1[N+](=O)[O-]. The van der Waals surface area contributed by atoms with Gasteiger partial charge in [-0.3, -0.25) is 15.0 Å². The minimum Gasteiger partial charge on any atom is -0.279 e. The number of rotatable bonds is 3. The van der Waals surface area contributed by atoms with Gasteiger partial charge in [-0.1, -0.05) is 12.1 Å². The highest BCUT2D eigenvalue weighted by molar-refractivity contribution is 5.93. The molecule has 0 aromatic heterocycles. The normalized spacial score (nSPS) is 9.14. The Morgan fingerprint density at radius 1 is 1.43 bits per heavy atom. The van der Waals surface area contributed by atoms with Gasteiger partial charge in [0.1, 0.15) is 5.56 Å². The van der Waals surface area contributed by atoms with Crippen molar-refractivity contribution in [1.29, 1.82) is 0 Å². The number of nitro benzene ring substituents is 1. The highest BCUT2D eigenvalue weighted by Crippen LogP contribution is 2.18. The van der Waals surface area contributed by atoms with Crippen molar-refractivity contribution >= 4 is 11.7 Å². The van der Waals surface area contributed by atoms with Gasteiger partial charge in [0, 0.05) is 6.07 Å². The first-order chi connectivity index (χ1) is 6.66. The largest absolute Gasteiger partial charge is 0.376 e. The Morgan fingerprint density at radius 3 is 2.64 bits per heavy atom. The topological polar surface area (TPSA) is 98.9 Å². The molecule has 0 bridgehead atoms. The predicted octanol–water partition coefficient (Wildman–Crippen LogP) is 1.43. The van der Waals surface area contributed by atoms with Crippen LogP contribution in [0.3, 0.4) is 0 Å². The summed E-state index contributed by atoms with van der Waals surface area (Å²) in [4.78, 5) is 34.0. The molecular weight excluding hydrogens is 192 g/mol. The summed E-state index contributed by atoms with van der Waals surface area (Å²) < 4.78 is 0. The van der Waals surface area contributed by atoms with Gasteiger partial charge in [0.05, 0.1) is 4.92 Å². The van der Waals surface area contributed by atoms with Gasteiger partial charge in [-0.25, -0.2) is 4.79 Å². The average molecular weight is 196 g/mol. The molecule has 1 aromatic carbocycles. The number of carbonyl (C=O) groups excluding carboxylic acids is 1. The smallest absolute Gasteiger partial charge is 0.279 e. The molecule has 0 saturated heterocycles. The van der Waals surface area contributed by atoms with Crippen LogP contribution in [-0.4, -0.2) is 10.9 Å². The number of para-hydroxylation sites is 1. The van der Waals surface area contributed by atoms with Gasteiger partial charge in [0.25, 0.3) is 5.69 Å². The van der Waals surface area contributed by atoms with Crippen LogP contribution >= 0.6 is 0 Å². The maximum atomic E-state index is 10.9. The van der Waals surface area contributed by atoms with E-state index in [1.807, 2.05) is 5.34 Å². The van der Waals surface area contributed by atoms with Crippen molar-refractivity contribution in [2.24, 2.45) is 5.34 Å². The molecule has 0 unspecified atom stereocenters. The molecule has 0 fully saturated rings. The lowest BCUT2D eigenvalue weighted by atomic mass is 10.2. The molecule has 7 heteroatoms. The second-order valence-electron chi connectivity index (χ2n) is 2.23. The summed E-state index contributed by atoms with van der Waals surface area (Å²) in [7, 11) is 0. The second-order valence-corrected chi connectivity index (χ2v) is 2.23. The summed E-state index contributed by atoms with van der Waals surface area (Å²) >= 11 is 0. The van der Waals surface area contributed by atoms with Crippen LogP contribution in [0.4, 0.5) is 5.69 Å². The van der Waals surface area contributed by atoms with Crippen molar-refractivity contribution in [2.75, 3.05) is 0 Å². The molecule has 72 valence electrons. The summed E-state index contributed by atoms with van der Waals surface area (Å²) in [6, 6.07) is 5.10. The number of hydrogen-bond acceptors (Lipinski definition) is 6. The zero-order valence-corrected chi connectivity index (χ0v) is 6.75. The quantitative estimate of drug-likeness (QED) is 0.413. The summed E-state index contributed by atoms with van der Waals surface area (Å²) in [5.74, 6) is -1.15. The van der Waals surface area contributed by atoms with E-state index in [4.69, 9.17) is 0 Å². The second kappa shape index (κ2) is 4.08. The molecule has 0 heterocycles. The van der Waals surface area contributed by atoms with Crippen LogP contribution in [0.5, 0.6) is 0 Å². The van der Waals surface area contributed by atoms with Gasteiger partial charge in [0.2, 0.25) is 0 Å². The molecule has 0 spiro atoms.